The summed E-state index contributed by atoms with van der Waals surface area (Å²) in [5.41, 5.74) is 5.65. The summed E-state index contributed by atoms with van der Waals surface area (Å²) in [5, 5.41) is 7.41. The molecule has 0 fully saturated rings. The molecule has 0 radical (unpaired) electrons. The van der Waals surface area contributed by atoms with Crippen LogP contribution in [0, 0.1) is 17.0 Å². The number of rotatable bonds is 5. The Kier molecular flexibility index (Phi) is 4.37. The van der Waals surface area contributed by atoms with Crippen molar-refractivity contribution < 1.29 is 18.3 Å². The van der Waals surface area contributed by atoms with E-state index >= 15 is 0 Å². The molecule has 0 atom stereocenters. The minimum Gasteiger partial charge on any atom is -0.497 e. The van der Waals surface area contributed by atoms with E-state index in [1.807, 2.05) is 0 Å². The Hall–Kier alpha value is -2.63. The van der Waals surface area contributed by atoms with Crippen molar-refractivity contribution in [3.8, 4) is 11.5 Å². The summed E-state index contributed by atoms with van der Waals surface area (Å²) in [7, 11) is 1.46. The van der Waals surface area contributed by atoms with Gasteiger partial charge in [-0.2, -0.15) is 0 Å². The molecule has 110 valence electrons. The largest absolute Gasteiger partial charge is 0.497 e. The highest BCUT2D eigenvalue weighted by Crippen LogP contribution is 2.24. The Balaban J connectivity index is 2.23. The maximum Gasteiger partial charge on any atom is 0.132 e. The average Bonchev–Trinajstić information content (AvgIpc) is 2.46. The molecule has 0 heterocycles. The first-order valence-corrected chi connectivity index (χ1v) is 6.10. The molecule has 0 amide bonds. The molecule has 6 heteroatoms. The molecule has 4 nitrogen and oxygen atoms in total. The lowest BCUT2D eigenvalue weighted by Gasteiger charge is -2.11. The van der Waals surface area contributed by atoms with Gasteiger partial charge in [0, 0.05) is 11.6 Å². The van der Waals surface area contributed by atoms with Crippen LogP contribution in [0.4, 0.5) is 8.78 Å². The van der Waals surface area contributed by atoms with Crippen LogP contribution in [0.25, 0.3) is 0 Å². The Labute approximate surface area is 120 Å². The average molecular weight is 292 g/mol. The van der Waals surface area contributed by atoms with E-state index in [2.05, 4.69) is 0 Å². The number of ether oxygens (including phenoxy) is 2. The number of amidine groups is 1. The molecule has 2 aromatic carbocycles. The molecule has 3 N–H and O–H groups in total. The standard InChI is InChI=1S/C15H14F2N2O2/c1-20-10-5-9(15(18)19)6-11(7-10)21-8-12-13(16)3-2-4-14(12)17/h2-7H,8H2,1H3,(H3,18,19). The molecule has 0 saturated heterocycles. The first kappa shape index (κ1) is 14.8. The molecule has 0 aliphatic heterocycles. The van der Waals surface area contributed by atoms with Gasteiger partial charge in [-0.3, -0.25) is 5.41 Å². The molecular weight excluding hydrogens is 278 g/mol. The lowest BCUT2D eigenvalue weighted by Crippen LogP contribution is -2.11. The Morgan fingerprint density at radius 1 is 1.14 bits per heavy atom. The normalized spacial score (nSPS) is 10.2. The van der Waals surface area contributed by atoms with Gasteiger partial charge in [-0.15, -0.1) is 0 Å². The summed E-state index contributed by atoms with van der Waals surface area (Å²) in [5.74, 6) is -0.765. The van der Waals surface area contributed by atoms with Crippen molar-refractivity contribution in [2.24, 2.45) is 5.73 Å². The number of methoxy groups -OCH3 is 1. The van der Waals surface area contributed by atoms with E-state index < -0.39 is 11.6 Å². The second-order valence-corrected chi connectivity index (χ2v) is 4.30. The highest BCUT2D eigenvalue weighted by atomic mass is 19.1. The van der Waals surface area contributed by atoms with E-state index in [0.29, 0.717) is 17.1 Å². The molecule has 0 aromatic heterocycles. The van der Waals surface area contributed by atoms with Crippen LogP contribution in [0.2, 0.25) is 0 Å². The van der Waals surface area contributed by atoms with Crippen molar-refractivity contribution >= 4 is 5.84 Å². The predicted octanol–water partition coefficient (Wildman–Crippen LogP) is 2.84. The smallest absolute Gasteiger partial charge is 0.132 e. The molecule has 21 heavy (non-hydrogen) atoms. The van der Waals surface area contributed by atoms with Crippen molar-refractivity contribution in [3.63, 3.8) is 0 Å². The van der Waals surface area contributed by atoms with Gasteiger partial charge in [-0.25, -0.2) is 8.78 Å². The van der Waals surface area contributed by atoms with Gasteiger partial charge in [-0.05, 0) is 24.3 Å². The summed E-state index contributed by atoms with van der Waals surface area (Å²) >= 11 is 0. The molecule has 2 rings (SSSR count). The third-order valence-electron chi connectivity index (χ3n) is 2.87. The van der Waals surface area contributed by atoms with Crippen LogP contribution in [-0.4, -0.2) is 12.9 Å². The van der Waals surface area contributed by atoms with Crippen LogP contribution in [0.5, 0.6) is 11.5 Å². The van der Waals surface area contributed by atoms with Crippen LogP contribution in [0.3, 0.4) is 0 Å². The molecule has 0 aliphatic rings. The number of nitrogens with one attached hydrogen (secondary N) is 1. The van der Waals surface area contributed by atoms with Crippen molar-refractivity contribution in [1.29, 1.82) is 5.41 Å². The Morgan fingerprint density at radius 3 is 2.33 bits per heavy atom. The van der Waals surface area contributed by atoms with Crippen LogP contribution in [-0.2, 0) is 6.61 Å². The number of hydrogen-bond donors (Lipinski definition) is 2. The number of nitrogens with two attached hydrogens (primary N) is 1. The van der Waals surface area contributed by atoms with E-state index in [1.165, 1.54) is 19.2 Å². The molecule has 2 aromatic rings. The Bertz CT molecular complexity index is 654. The van der Waals surface area contributed by atoms with E-state index in [0.717, 1.165) is 12.1 Å². The highest BCUT2D eigenvalue weighted by molar-refractivity contribution is 5.95. The topological polar surface area (TPSA) is 68.3 Å². The SMILES string of the molecule is COc1cc(OCc2c(F)cccc2F)cc(C(=N)N)c1. The van der Waals surface area contributed by atoms with Gasteiger partial charge in [0.15, 0.2) is 0 Å². The zero-order valence-corrected chi connectivity index (χ0v) is 11.3. The quantitative estimate of drug-likeness (QED) is 0.657. The number of hydrogen-bond acceptors (Lipinski definition) is 3. The van der Waals surface area contributed by atoms with E-state index in [-0.39, 0.29) is 18.0 Å². The van der Waals surface area contributed by atoms with Gasteiger partial charge in [0.1, 0.15) is 35.6 Å². The van der Waals surface area contributed by atoms with Gasteiger partial charge in [0.25, 0.3) is 0 Å². The number of halogens is 2. The zero-order valence-electron chi connectivity index (χ0n) is 11.3. The van der Waals surface area contributed by atoms with Crippen molar-refractivity contribution in [3.05, 3.63) is 59.2 Å². The molecule has 0 spiro atoms. The van der Waals surface area contributed by atoms with Crippen molar-refractivity contribution in [2.45, 2.75) is 6.61 Å². The summed E-state index contributed by atoms with van der Waals surface area (Å²) in [6.07, 6.45) is 0. The van der Waals surface area contributed by atoms with Gasteiger partial charge < -0.3 is 15.2 Å². The van der Waals surface area contributed by atoms with E-state index in [1.54, 1.807) is 12.1 Å². The fourth-order valence-corrected chi connectivity index (χ4v) is 1.75. The highest BCUT2D eigenvalue weighted by Gasteiger charge is 2.10. The maximum absolute atomic E-state index is 13.5. The van der Waals surface area contributed by atoms with Gasteiger partial charge in [0.2, 0.25) is 0 Å². The van der Waals surface area contributed by atoms with E-state index in [9.17, 15) is 8.78 Å². The second-order valence-electron chi connectivity index (χ2n) is 4.30. The van der Waals surface area contributed by atoms with E-state index in [4.69, 9.17) is 20.6 Å². The molecular formula is C15H14F2N2O2. The fourth-order valence-electron chi connectivity index (χ4n) is 1.75. The summed E-state index contributed by atoms with van der Waals surface area (Å²) in [6, 6.07) is 8.23. The molecule has 0 aliphatic carbocycles. The third kappa shape index (κ3) is 3.47. The monoisotopic (exact) mass is 292 g/mol. The number of benzene rings is 2. The van der Waals surface area contributed by atoms with Crippen molar-refractivity contribution in [2.75, 3.05) is 7.11 Å². The maximum atomic E-state index is 13.5. The summed E-state index contributed by atoms with van der Waals surface area (Å²) in [4.78, 5) is 0. The van der Waals surface area contributed by atoms with Gasteiger partial charge in [-0.1, -0.05) is 6.07 Å². The molecule has 0 saturated carbocycles. The summed E-state index contributed by atoms with van der Waals surface area (Å²) in [6.45, 7) is -0.275. The minimum atomic E-state index is -0.676. The minimum absolute atomic E-state index is 0.157. The Morgan fingerprint density at radius 2 is 1.76 bits per heavy atom. The van der Waals surface area contributed by atoms with Gasteiger partial charge in [0.05, 0.1) is 12.7 Å². The predicted molar refractivity (Wildman–Crippen MR) is 74.7 cm³/mol. The van der Waals surface area contributed by atoms with Crippen molar-refractivity contribution in [1.82, 2.24) is 0 Å². The molecule has 0 bridgehead atoms. The zero-order chi connectivity index (χ0) is 15.4. The summed E-state index contributed by atoms with van der Waals surface area (Å²) < 4.78 is 37.5. The van der Waals surface area contributed by atoms with Crippen LogP contribution in [0.15, 0.2) is 36.4 Å². The van der Waals surface area contributed by atoms with Crippen LogP contribution >= 0.6 is 0 Å². The first-order chi connectivity index (χ1) is 10.0. The molecule has 0 unspecified atom stereocenters. The number of nitrogen functional groups attached to an aromatic ring is 1. The lowest BCUT2D eigenvalue weighted by molar-refractivity contribution is 0.290. The fraction of sp³-hybridized carbons (Fsp3) is 0.133. The second kappa shape index (κ2) is 6.21. The lowest BCUT2D eigenvalue weighted by atomic mass is 10.2. The first-order valence-electron chi connectivity index (χ1n) is 6.10. The van der Waals surface area contributed by atoms with Gasteiger partial charge >= 0.3 is 0 Å². The third-order valence-corrected chi connectivity index (χ3v) is 2.87. The van der Waals surface area contributed by atoms with Crippen LogP contribution in [0.1, 0.15) is 11.1 Å². The van der Waals surface area contributed by atoms with Crippen LogP contribution < -0.4 is 15.2 Å².